The van der Waals surface area contributed by atoms with Crippen LogP contribution in [0.2, 0.25) is 0 Å². The first-order chi connectivity index (χ1) is 6.04. The van der Waals surface area contributed by atoms with Crippen LogP contribution >= 0.6 is 0 Å². The molecule has 0 aromatic heterocycles. The average molecular weight is 178 g/mol. The highest BCUT2D eigenvalue weighted by Crippen LogP contribution is 2.15. The lowest BCUT2D eigenvalue weighted by Crippen LogP contribution is -2.03. The minimum atomic E-state index is -0.355. The van der Waals surface area contributed by atoms with E-state index >= 15 is 0 Å². The van der Waals surface area contributed by atoms with Crippen molar-refractivity contribution in [1.29, 1.82) is 0 Å². The van der Waals surface area contributed by atoms with Gasteiger partial charge in [0.15, 0.2) is 5.78 Å². The van der Waals surface area contributed by atoms with Gasteiger partial charge >= 0.3 is 0 Å². The molecule has 0 heterocycles. The molecular weight excluding hydrogens is 167 g/mol. The Morgan fingerprint density at radius 3 is 2.62 bits per heavy atom. The zero-order valence-electron chi connectivity index (χ0n) is 7.73. The molecule has 0 saturated carbocycles. The molecule has 0 aliphatic carbocycles. The van der Waals surface area contributed by atoms with Crippen LogP contribution in [0.3, 0.4) is 0 Å². The van der Waals surface area contributed by atoms with E-state index in [9.17, 15) is 9.18 Å². The minimum Gasteiger partial charge on any atom is -0.289 e. The second-order valence-electron chi connectivity index (χ2n) is 3.02. The Bertz CT molecular complexity index is 366. The van der Waals surface area contributed by atoms with Crippen molar-refractivity contribution in [2.45, 2.75) is 13.8 Å². The fraction of sp³-hybridized carbons (Fsp3) is 0.182. The van der Waals surface area contributed by atoms with Gasteiger partial charge in [-0.2, -0.15) is 0 Å². The highest BCUT2D eigenvalue weighted by Gasteiger charge is 2.11. The van der Waals surface area contributed by atoms with Gasteiger partial charge in [-0.1, -0.05) is 18.7 Å². The van der Waals surface area contributed by atoms with E-state index in [1.54, 1.807) is 19.9 Å². The van der Waals surface area contributed by atoms with E-state index in [0.717, 1.165) is 0 Å². The van der Waals surface area contributed by atoms with Gasteiger partial charge in [-0.25, -0.2) is 4.39 Å². The zero-order chi connectivity index (χ0) is 10.0. The summed E-state index contributed by atoms with van der Waals surface area (Å²) in [6, 6.07) is 4.47. The number of hydrogen-bond acceptors (Lipinski definition) is 1. The SMILES string of the molecule is C=C(C)C(=O)c1cccc(F)c1C. The first kappa shape index (κ1) is 9.65. The highest BCUT2D eigenvalue weighted by molar-refractivity contribution is 6.08. The van der Waals surface area contributed by atoms with Crippen LogP contribution in [0, 0.1) is 12.7 Å². The number of halogens is 1. The van der Waals surface area contributed by atoms with Crippen molar-refractivity contribution in [3.05, 3.63) is 47.3 Å². The van der Waals surface area contributed by atoms with Crippen LogP contribution in [-0.4, -0.2) is 5.78 Å². The van der Waals surface area contributed by atoms with E-state index in [-0.39, 0.29) is 11.6 Å². The van der Waals surface area contributed by atoms with Crippen molar-refractivity contribution < 1.29 is 9.18 Å². The molecule has 13 heavy (non-hydrogen) atoms. The summed E-state index contributed by atoms with van der Waals surface area (Å²) in [7, 11) is 0. The van der Waals surface area contributed by atoms with Crippen LogP contribution in [0.15, 0.2) is 30.4 Å². The van der Waals surface area contributed by atoms with Gasteiger partial charge in [0.2, 0.25) is 0 Å². The Kier molecular flexibility index (Phi) is 2.61. The molecule has 0 N–H and O–H groups in total. The average Bonchev–Trinajstić information content (AvgIpc) is 2.08. The number of ketones is 1. The molecule has 2 heteroatoms. The highest BCUT2D eigenvalue weighted by atomic mass is 19.1. The maximum Gasteiger partial charge on any atom is 0.188 e. The molecular formula is C11H11FO. The Morgan fingerprint density at radius 1 is 1.46 bits per heavy atom. The summed E-state index contributed by atoms with van der Waals surface area (Å²) in [5.41, 5.74) is 1.21. The molecule has 1 nitrogen and oxygen atoms in total. The van der Waals surface area contributed by atoms with Crippen LogP contribution in [0.1, 0.15) is 22.8 Å². The third-order valence-electron chi connectivity index (χ3n) is 1.90. The number of hydrogen-bond donors (Lipinski definition) is 0. The van der Waals surface area contributed by atoms with Crippen molar-refractivity contribution in [3.8, 4) is 0 Å². The van der Waals surface area contributed by atoms with Crippen molar-refractivity contribution in [2.24, 2.45) is 0 Å². The molecule has 0 saturated heterocycles. The molecule has 1 aromatic rings. The summed E-state index contributed by atoms with van der Waals surface area (Å²) in [6.07, 6.45) is 0. The Labute approximate surface area is 76.9 Å². The van der Waals surface area contributed by atoms with Gasteiger partial charge in [0.1, 0.15) is 5.82 Å². The third kappa shape index (κ3) is 1.83. The second kappa shape index (κ2) is 3.52. The predicted octanol–water partition coefficient (Wildman–Crippen LogP) is 2.89. The molecule has 0 amide bonds. The van der Waals surface area contributed by atoms with Crippen molar-refractivity contribution in [1.82, 2.24) is 0 Å². The van der Waals surface area contributed by atoms with Crippen LogP contribution in [0.5, 0.6) is 0 Å². The molecule has 1 aromatic carbocycles. The normalized spacial score (nSPS) is 9.77. The summed E-state index contributed by atoms with van der Waals surface area (Å²) < 4.78 is 13.0. The number of rotatable bonds is 2. The Balaban J connectivity index is 3.23. The molecule has 0 radical (unpaired) electrons. The summed E-state index contributed by atoms with van der Waals surface area (Å²) >= 11 is 0. The molecule has 0 aliphatic rings. The smallest absolute Gasteiger partial charge is 0.188 e. The topological polar surface area (TPSA) is 17.1 Å². The van der Waals surface area contributed by atoms with Gasteiger partial charge < -0.3 is 0 Å². The molecule has 0 spiro atoms. The largest absolute Gasteiger partial charge is 0.289 e. The van der Waals surface area contributed by atoms with Crippen molar-refractivity contribution >= 4 is 5.78 Å². The van der Waals surface area contributed by atoms with Gasteiger partial charge in [0.05, 0.1) is 0 Å². The number of Topliss-reactive ketones (excluding diaryl/α,β-unsaturated/α-hetero) is 1. The van der Waals surface area contributed by atoms with Crippen molar-refractivity contribution in [3.63, 3.8) is 0 Å². The lowest BCUT2D eigenvalue weighted by molar-refractivity contribution is 0.103. The van der Waals surface area contributed by atoms with Gasteiger partial charge in [-0.05, 0) is 31.1 Å². The first-order valence-electron chi connectivity index (χ1n) is 3.99. The van der Waals surface area contributed by atoms with Crippen LogP contribution in [-0.2, 0) is 0 Å². The molecule has 0 fully saturated rings. The van der Waals surface area contributed by atoms with E-state index in [0.29, 0.717) is 16.7 Å². The summed E-state index contributed by atoms with van der Waals surface area (Å²) in [5.74, 6) is -0.552. The molecule has 68 valence electrons. The number of carbonyl (C=O) groups is 1. The number of carbonyl (C=O) groups excluding carboxylic acids is 1. The van der Waals surface area contributed by atoms with Gasteiger partial charge in [0.25, 0.3) is 0 Å². The molecule has 1 rings (SSSR count). The van der Waals surface area contributed by atoms with Crippen LogP contribution in [0.4, 0.5) is 4.39 Å². The van der Waals surface area contributed by atoms with Crippen molar-refractivity contribution in [2.75, 3.05) is 0 Å². The van der Waals surface area contributed by atoms with E-state index < -0.39 is 0 Å². The maximum absolute atomic E-state index is 13.0. The second-order valence-corrected chi connectivity index (χ2v) is 3.02. The molecule has 0 unspecified atom stereocenters. The van der Waals surface area contributed by atoms with Crippen LogP contribution < -0.4 is 0 Å². The summed E-state index contributed by atoms with van der Waals surface area (Å²) in [5, 5.41) is 0. The predicted molar refractivity (Wildman–Crippen MR) is 50.3 cm³/mol. The van der Waals surface area contributed by atoms with Crippen LogP contribution in [0.25, 0.3) is 0 Å². The quantitative estimate of drug-likeness (QED) is 0.502. The first-order valence-corrected chi connectivity index (χ1v) is 3.99. The zero-order valence-corrected chi connectivity index (χ0v) is 7.73. The minimum absolute atomic E-state index is 0.197. The summed E-state index contributed by atoms with van der Waals surface area (Å²) in [4.78, 5) is 11.5. The molecule has 0 aliphatic heterocycles. The maximum atomic E-state index is 13.0. The van der Waals surface area contributed by atoms with Gasteiger partial charge in [0, 0.05) is 5.56 Å². The number of allylic oxidation sites excluding steroid dienone is 1. The molecule has 0 atom stereocenters. The summed E-state index contributed by atoms with van der Waals surface area (Å²) in [6.45, 7) is 6.74. The lowest BCUT2D eigenvalue weighted by Gasteiger charge is -2.04. The fourth-order valence-corrected chi connectivity index (χ4v) is 1.08. The Hall–Kier alpha value is -1.44. The van der Waals surface area contributed by atoms with E-state index in [1.807, 2.05) is 0 Å². The van der Waals surface area contributed by atoms with Gasteiger partial charge in [-0.3, -0.25) is 4.79 Å². The number of benzene rings is 1. The standard InChI is InChI=1S/C11H11FO/c1-7(2)11(13)9-5-4-6-10(12)8(9)3/h4-6H,1H2,2-3H3. The molecule has 0 bridgehead atoms. The van der Waals surface area contributed by atoms with E-state index in [1.165, 1.54) is 12.1 Å². The third-order valence-corrected chi connectivity index (χ3v) is 1.90. The Morgan fingerprint density at radius 2 is 2.08 bits per heavy atom. The fourth-order valence-electron chi connectivity index (χ4n) is 1.08. The monoisotopic (exact) mass is 178 g/mol. The lowest BCUT2D eigenvalue weighted by atomic mass is 10.0. The van der Waals surface area contributed by atoms with E-state index in [2.05, 4.69) is 6.58 Å². The van der Waals surface area contributed by atoms with E-state index in [4.69, 9.17) is 0 Å². The van der Waals surface area contributed by atoms with Gasteiger partial charge in [-0.15, -0.1) is 0 Å².